The Morgan fingerprint density at radius 3 is 2.69 bits per heavy atom. The van der Waals surface area contributed by atoms with Gasteiger partial charge in [0, 0.05) is 31.1 Å². The number of esters is 1. The van der Waals surface area contributed by atoms with Crippen LogP contribution in [0.1, 0.15) is 56.7 Å². The van der Waals surface area contributed by atoms with Crippen molar-refractivity contribution < 1.29 is 24.2 Å². The lowest BCUT2D eigenvalue weighted by molar-refractivity contribution is -0.197. The first-order valence-corrected chi connectivity index (χ1v) is 14.1. The molecule has 0 aromatic heterocycles. The highest BCUT2D eigenvalue weighted by Crippen LogP contribution is 2.65. The summed E-state index contributed by atoms with van der Waals surface area (Å²) in [6, 6.07) is 13.4. The second kappa shape index (κ2) is 9.49. The summed E-state index contributed by atoms with van der Waals surface area (Å²) in [7, 11) is 2.09. The third-order valence-electron chi connectivity index (χ3n) is 9.40. The SMILES string of the molecule is CC(=O)Oc1ccc2c3c1O[C@H]1[C@@H](N(CC(C)C)C(=O)C=Cc4ccccc4)CC[C@@]4(O)[C@@H](C2)N(C)CC[C@]314. The van der Waals surface area contributed by atoms with Gasteiger partial charge in [-0.25, -0.2) is 0 Å². The van der Waals surface area contributed by atoms with E-state index < -0.39 is 23.1 Å². The van der Waals surface area contributed by atoms with Gasteiger partial charge in [0.15, 0.2) is 11.5 Å². The normalized spacial score (nSPS) is 30.7. The maximum absolute atomic E-state index is 13.8. The van der Waals surface area contributed by atoms with Gasteiger partial charge in [-0.2, -0.15) is 0 Å². The number of hydrogen-bond acceptors (Lipinski definition) is 6. The highest BCUT2D eigenvalue weighted by atomic mass is 16.6. The van der Waals surface area contributed by atoms with Crippen LogP contribution in [0.5, 0.6) is 11.5 Å². The van der Waals surface area contributed by atoms with E-state index in [9.17, 15) is 14.7 Å². The molecule has 0 unspecified atom stereocenters. The monoisotopic (exact) mass is 530 g/mol. The van der Waals surface area contributed by atoms with Crippen molar-refractivity contribution in [3.8, 4) is 11.5 Å². The first kappa shape index (κ1) is 26.1. The van der Waals surface area contributed by atoms with E-state index in [-0.39, 0.29) is 23.9 Å². The number of ether oxygens (including phenoxy) is 2. The number of benzene rings is 2. The van der Waals surface area contributed by atoms with Gasteiger partial charge in [0.2, 0.25) is 5.91 Å². The molecule has 0 radical (unpaired) electrons. The van der Waals surface area contributed by atoms with E-state index in [1.165, 1.54) is 6.92 Å². The number of amides is 1. The van der Waals surface area contributed by atoms with Gasteiger partial charge in [-0.15, -0.1) is 0 Å². The van der Waals surface area contributed by atoms with Crippen molar-refractivity contribution in [3.05, 3.63) is 65.2 Å². The van der Waals surface area contributed by atoms with E-state index in [1.807, 2.05) is 53.4 Å². The topological polar surface area (TPSA) is 79.3 Å². The van der Waals surface area contributed by atoms with Gasteiger partial charge in [-0.3, -0.25) is 9.59 Å². The summed E-state index contributed by atoms with van der Waals surface area (Å²) < 4.78 is 12.4. The average molecular weight is 531 g/mol. The molecule has 39 heavy (non-hydrogen) atoms. The quantitative estimate of drug-likeness (QED) is 0.346. The molecule has 2 bridgehead atoms. The van der Waals surface area contributed by atoms with Gasteiger partial charge in [0.05, 0.1) is 17.1 Å². The van der Waals surface area contributed by atoms with E-state index in [4.69, 9.17) is 9.47 Å². The predicted octanol–water partition coefficient (Wildman–Crippen LogP) is 3.96. The standard InChI is InChI=1S/C32H38N2O5/c1-20(2)19-34(27(36)13-10-22-8-6-5-7-9-22)24-14-15-32(37)26-18-23-11-12-25(38-21(3)35)29-28(23)31(32,30(24)39-29)16-17-33(26)4/h5-13,20,24,26,30,37H,14-19H2,1-4H3/t24-,26+,30-,31-,32+/m0/s1. The molecule has 1 saturated carbocycles. The van der Waals surface area contributed by atoms with Crippen LogP contribution in [-0.2, 0) is 21.4 Å². The minimum Gasteiger partial charge on any atom is -0.483 e. The Balaban J connectivity index is 1.45. The highest BCUT2D eigenvalue weighted by molar-refractivity contribution is 5.92. The Labute approximate surface area is 230 Å². The number of nitrogens with zero attached hydrogens (tertiary/aromatic N) is 2. The van der Waals surface area contributed by atoms with Gasteiger partial charge >= 0.3 is 5.97 Å². The fourth-order valence-electron chi connectivity index (χ4n) is 7.88. The van der Waals surface area contributed by atoms with E-state index in [0.717, 1.165) is 23.2 Å². The van der Waals surface area contributed by atoms with Crippen molar-refractivity contribution >= 4 is 18.0 Å². The van der Waals surface area contributed by atoms with Crippen molar-refractivity contribution in [1.82, 2.24) is 9.80 Å². The van der Waals surface area contributed by atoms with Crippen LogP contribution in [0.4, 0.5) is 0 Å². The summed E-state index contributed by atoms with van der Waals surface area (Å²) in [5.41, 5.74) is 1.42. The summed E-state index contributed by atoms with van der Waals surface area (Å²) in [5, 5.41) is 12.6. The summed E-state index contributed by atoms with van der Waals surface area (Å²) in [4.78, 5) is 30.1. The largest absolute Gasteiger partial charge is 0.483 e. The number of hydrogen-bond donors (Lipinski definition) is 1. The highest BCUT2D eigenvalue weighted by Gasteiger charge is 2.73. The molecule has 206 valence electrons. The Hall–Kier alpha value is -3.16. The second-order valence-electron chi connectivity index (χ2n) is 12.1. The predicted molar refractivity (Wildman–Crippen MR) is 149 cm³/mol. The van der Waals surface area contributed by atoms with Crippen LogP contribution in [-0.4, -0.2) is 70.7 Å². The van der Waals surface area contributed by atoms with Crippen molar-refractivity contribution in [1.29, 1.82) is 0 Å². The van der Waals surface area contributed by atoms with Gasteiger partial charge in [-0.1, -0.05) is 50.2 Å². The molecule has 5 atom stereocenters. The summed E-state index contributed by atoms with van der Waals surface area (Å²) in [6.45, 7) is 7.03. The van der Waals surface area contributed by atoms with E-state index in [1.54, 1.807) is 6.08 Å². The van der Waals surface area contributed by atoms with E-state index in [0.29, 0.717) is 43.7 Å². The molecule has 2 aromatic carbocycles. The molecular weight excluding hydrogens is 492 g/mol. The summed E-state index contributed by atoms with van der Waals surface area (Å²) in [5.74, 6) is 0.755. The lowest BCUT2D eigenvalue weighted by atomic mass is 9.48. The number of carbonyl (C=O) groups is 2. The third-order valence-corrected chi connectivity index (χ3v) is 9.40. The second-order valence-corrected chi connectivity index (χ2v) is 12.1. The molecule has 2 fully saturated rings. The zero-order valence-electron chi connectivity index (χ0n) is 23.2. The van der Waals surface area contributed by atoms with Crippen LogP contribution in [0.15, 0.2) is 48.5 Å². The molecule has 2 aliphatic heterocycles. The van der Waals surface area contributed by atoms with Gasteiger partial charge in [0.25, 0.3) is 0 Å². The molecule has 2 aliphatic carbocycles. The van der Waals surface area contributed by atoms with Crippen LogP contribution in [0, 0.1) is 5.92 Å². The van der Waals surface area contributed by atoms with Gasteiger partial charge in [-0.05, 0) is 68.5 Å². The smallest absolute Gasteiger partial charge is 0.308 e. The Morgan fingerprint density at radius 1 is 1.21 bits per heavy atom. The van der Waals surface area contributed by atoms with E-state index in [2.05, 4.69) is 25.8 Å². The van der Waals surface area contributed by atoms with Crippen molar-refractivity contribution in [2.45, 2.75) is 75.7 Å². The number of aliphatic hydroxyl groups is 1. The van der Waals surface area contributed by atoms with Crippen LogP contribution in [0.2, 0.25) is 0 Å². The van der Waals surface area contributed by atoms with Crippen LogP contribution in [0.3, 0.4) is 0 Å². The van der Waals surface area contributed by atoms with Crippen LogP contribution >= 0.6 is 0 Å². The van der Waals surface area contributed by atoms with Crippen molar-refractivity contribution in [3.63, 3.8) is 0 Å². The Morgan fingerprint density at radius 2 is 1.97 bits per heavy atom. The maximum Gasteiger partial charge on any atom is 0.308 e. The van der Waals surface area contributed by atoms with Crippen molar-refractivity contribution in [2.75, 3.05) is 20.1 Å². The molecule has 7 nitrogen and oxygen atoms in total. The fourth-order valence-corrected chi connectivity index (χ4v) is 7.88. The number of carbonyl (C=O) groups excluding carboxylic acids is 2. The molecule has 4 aliphatic rings. The average Bonchev–Trinajstić information content (AvgIpc) is 3.25. The molecule has 2 heterocycles. The lowest BCUT2D eigenvalue weighted by Crippen LogP contribution is -2.78. The first-order chi connectivity index (χ1) is 18.7. The minimum atomic E-state index is -0.999. The third kappa shape index (κ3) is 3.93. The molecule has 1 amide bonds. The number of likely N-dealkylation sites (tertiary alicyclic amines) is 1. The number of piperidine rings is 1. The Bertz CT molecular complexity index is 1320. The molecule has 1 N–H and O–H groups in total. The molecule has 1 spiro atoms. The maximum atomic E-state index is 13.8. The Kier molecular flexibility index (Phi) is 6.35. The van der Waals surface area contributed by atoms with Crippen molar-refractivity contribution in [2.24, 2.45) is 5.92 Å². The summed E-state index contributed by atoms with van der Waals surface area (Å²) in [6.07, 6.45) is 5.72. The summed E-state index contributed by atoms with van der Waals surface area (Å²) >= 11 is 0. The lowest BCUT2D eigenvalue weighted by Gasteiger charge is -2.64. The number of rotatable bonds is 6. The van der Waals surface area contributed by atoms with Crippen LogP contribution < -0.4 is 9.47 Å². The number of likely N-dealkylation sites (N-methyl/N-ethyl adjacent to an activating group) is 1. The molecule has 7 heteroatoms. The molecule has 6 rings (SSSR count). The van der Waals surface area contributed by atoms with Gasteiger partial charge < -0.3 is 24.4 Å². The van der Waals surface area contributed by atoms with Crippen LogP contribution in [0.25, 0.3) is 6.08 Å². The fraction of sp³-hybridized carbons (Fsp3) is 0.500. The molecular formula is C32H38N2O5. The van der Waals surface area contributed by atoms with E-state index >= 15 is 0 Å². The zero-order valence-corrected chi connectivity index (χ0v) is 23.2. The minimum absolute atomic E-state index is 0.0384. The van der Waals surface area contributed by atoms with Gasteiger partial charge in [0.1, 0.15) is 6.10 Å². The zero-order chi connectivity index (χ0) is 27.5. The molecule has 2 aromatic rings. The first-order valence-electron chi connectivity index (χ1n) is 14.1. The molecule has 1 saturated heterocycles.